The lowest BCUT2D eigenvalue weighted by Gasteiger charge is -2.08. The van der Waals surface area contributed by atoms with Crippen molar-refractivity contribution < 1.29 is 14.3 Å². The van der Waals surface area contributed by atoms with Crippen molar-refractivity contribution in [2.24, 2.45) is 0 Å². The van der Waals surface area contributed by atoms with Gasteiger partial charge in [-0.3, -0.25) is 0 Å². The van der Waals surface area contributed by atoms with Crippen LogP contribution in [0.5, 0.6) is 0 Å². The number of aryl methyl sites for hydroxylation is 1. The second-order valence-electron chi connectivity index (χ2n) is 5.25. The molecule has 94 valence electrons. The van der Waals surface area contributed by atoms with E-state index >= 15 is 0 Å². The van der Waals surface area contributed by atoms with Crippen molar-refractivity contribution >= 4 is 5.97 Å². The Kier molecular flexibility index (Phi) is 3.27. The zero-order chi connectivity index (χ0) is 12.6. The highest BCUT2D eigenvalue weighted by Crippen LogP contribution is 2.40. The maximum absolute atomic E-state index is 11.5. The Morgan fingerprint density at radius 3 is 2.41 bits per heavy atom. The molecule has 1 N–H and O–H groups in total. The lowest BCUT2D eigenvalue weighted by atomic mass is 9.93. The summed E-state index contributed by atoms with van der Waals surface area (Å²) >= 11 is 0. The average molecular weight is 236 g/mol. The summed E-state index contributed by atoms with van der Waals surface area (Å²) in [6.07, 6.45) is 4.48. The first-order valence-corrected chi connectivity index (χ1v) is 6.38. The number of furan rings is 1. The normalized spacial score (nSPS) is 16.9. The van der Waals surface area contributed by atoms with Crippen molar-refractivity contribution in [2.75, 3.05) is 0 Å². The van der Waals surface area contributed by atoms with Crippen LogP contribution >= 0.6 is 0 Å². The number of carboxylic acid groups (broad SMARTS) is 1. The molecule has 2 rings (SSSR count). The van der Waals surface area contributed by atoms with Crippen LogP contribution in [0.4, 0.5) is 0 Å². The number of hydrogen-bond acceptors (Lipinski definition) is 2. The van der Waals surface area contributed by atoms with Crippen LogP contribution in [0.15, 0.2) is 4.42 Å². The molecule has 0 saturated heterocycles. The molecule has 0 aromatic carbocycles. The van der Waals surface area contributed by atoms with E-state index in [0.717, 1.165) is 29.9 Å². The van der Waals surface area contributed by atoms with Gasteiger partial charge in [-0.1, -0.05) is 26.7 Å². The maximum Gasteiger partial charge on any atom is 0.339 e. The fraction of sp³-hybridized carbons (Fsp3) is 0.643. The van der Waals surface area contributed by atoms with Gasteiger partial charge in [-0.25, -0.2) is 4.79 Å². The van der Waals surface area contributed by atoms with E-state index in [4.69, 9.17) is 4.42 Å². The summed E-state index contributed by atoms with van der Waals surface area (Å²) in [6, 6.07) is 0. The topological polar surface area (TPSA) is 50.4 Å². The lowest BCUT2D eigenvalue weighted by Crippen LogP contribution is -2.06. The molecule has 1 heterocycles. The molecule has 1 aromatic heterocycles. The Morgan fingerprint density at radius 1 is 1.35 bits per heavy atom. The molecule has 0 spiro atoms. The van der Waals surface area contributed by atoms with Crippen molar-refractivity contribution in [1.82, 2.24) is 0 Å². The minimum absolute atomic E-state index is 0.194. The first kappa shape index (κ1) is 12.2. The Hall–Kier alpha value is -1.25. The van der Waals surface area contributed by atoms with Crippen LogP contribution in [-0.4, -0.2) is 11.1 Å². The van der Waals surface area contributed by atoms with Crippen molar-refractivity contribution in [3.63, 3.8) is 0 Å². The molecule has 0 aliphatic heterocycles. The molecule has 1 aromatic rings. The Morgan fingerprint density at radius 2 is 1.94 bits per heavy atom. The van der Waals surface area contributed by atoms with Gasteiger partial charge in [0.2, 0.25) is 0 Å². The van der Waals surface area contributed by atoms with E-state index in [1.165, 1.54) is 12.8 Å². The van der Waals surface area contributed by atoms with Crippen LogP contribution < -0.4 is 0 Å². The predicted octanol–water partition coefficient (Wildman–Crippen LogP) is 4.07. The summed E-state index contributed by atoms with van der Waals surface area (Å²) < 4.78 is 5.77. The van der Waals surface area contributed by atoms with Crippen LogP contribution in [0.2, 0.25) is 0 Å². The first-order valence-electron chi connectivity index (χ1n) is 6.38. The molecule has 0 atom stereocenters. The van der Waals surface area contributed by atoms with Crippen LogP contribution in [0, 0.1) is 6.92 Å². The summed E-state index contributed by atoms with van der Waals surface area (Å²) in [4.78, 5) is 11.5. The largest absolute Gasteiger partial charge is 0.478 e. The van der Waals surface area contributed by atoms with E-state index < -0.39 is 5.97 Å². The quantitative estimate of drug-likeness (QED) is 0.860. The molecular formula is C14H20O3. The van der Waals surface area contributed by atoms with Crippen molar-refractivity contribution in [1.29, 1.82) is 0 Å². The number of rotatable bonds is 3. The molecule has 1 fully saturated rings. The minimum Gasteiger partial charge on any atom is -0.478 e. The molecule has 3 nitrogen and oxygen atoms in total. The van der Waals surface area contributed by atoms with Crippen LogP contribution in [0.3, 0.4) is 0 Å². The molecular weight excluding hydrogens is 216 g/mol. The van der Waals surface area contributed by atoms with Crippen molar-refractivity contribution in [3.05, 3.63) is 22.6 Å². The molecule has 1 aliphatic rings. The van der Waals surface area contributed by atoms with Crippen LogP contribution in [-0.2, 0) is 0 Å². The van der Waals surface area contributed by atoms with Gasteiger partial charge in [0, 0.05) is 11.5 Å². The van der Waals surface area contributed by atoms with E-state index in [1.54, 1.807) is 0 Å². The van der Waals surface area contributed by atoms with Gasteiger partial charge in [-0.15, -0.1) is 0 Å². The third-order valence-electron chi connectivity index (χ3n) is 3.68. The molecule has 1 aliphatic carbocycles. The van der Waals surface area contributed by atoms with Crippen LogP contribution in [0.1, 0.15) is 78.8 Å². The zero-order valence-corrected chi connectivity index (χ0v) is 10.7. The number of hydrogen-bond donors (Lipinski definition) is 1. The molecule has 1 saturated carbocycles. The predicted molar refractivity (Wildman–Crippen MR) is 65.7 cm³/mol. The second-order valence-corrected chi connectivity index (χ2v) is 5.25. The standard InChI is InChI=1S/C14H20O3/c1-8(2)11-9(3)17-13(12(11)14(15)16)10-6-4-5-7-10/h8,10H,4-7H2,1-3H3,(H,15,16). The molecule has 3 heteroatoms. The third-order valence-corrected chi connectivity index (χ3v) is 3.68. The van der Waals surface area contributed by atoms with Gasteiger partial charge in [-0.2, -0.15) is 0 Å². The van der Waals surface area contributed by atoms with Gasteiger partial charge < -0.3 is 9.52 Å². The zero-order valence-electron chi connectivity index (χ0n) is 10.7. The minimum atomic E-state index is -0.840. The molecule has 0 bridgehead atoms. The Labute approximate surface area is 102 Å². The summed E-state index contributed by atoms with van der Waals surface area (Å²) in [7, 11) is 0. The average Bonchev–Trinajstić information content (AvgIpc) is 2.82. The summed E-state index contributed by atoms with van der Waals surface area (Å²) in [5.74, 6) is 1.16. The van der Waals surface area contributed by atoms with Gasteiger partial charge >= 0.3 is 5.97 Å². The third kappa shape index (κ3) is 2.11. The van der Waals surface area contributed by atoms with Crippen LogP contribution in [0.25, 0.3) is 0 Å². The molecule has 0 amide bonds. The van der Waals surface area contributed by atoms with Crippen molar-refractivity contribution in [2.45, 2.75) is 58.3 Å². The molecule has 17 heavy (non-hydrogen) atoms. The number of carboxylic acids is 1. The van der Waals surface area contributed by atoms with Gasteiger partial charge in [0.05, 0.1) is 0 Å². The van der Waals surface area contributed by atoms with Gasteiger partial charge in [0.25, 0.3) is 0 Å². The Bertz CT molecular complexity index is 423. The number of aromatic carboxylic acids is 1. The smallest absolute Gasteiger partial charge is 0.339 e. The van der Waals surface area contributed by atoms with Crippen molar-refractivity contribution in [3.8, 4) is 0 Å². The molecule has 0 radical (unpaired) electrons. The highest BCUT2D eigenvalue weighted by atomic mass is 16.4. The molecule has 0 unspecified atom stereocenters. The monoisotopic (exact) mass is 236 g/mol. The maximum atomic E-state index is 11.5. The second kappa shape index (κ2) is 4.55. The van der Waals surface area contributed by atoms with Gasteiger partial charge in [-0.05, 0) is 25.7 Å². The SMILES string of the molecule is Cc1oc(C2CCCC2)c(C(=O)O)c1C(C)C. The highest BCUT2D eigenvalue weighted by molar-refractivity contribution is 5.91. The Balaban J connectivity index is 2.51. The van der Waals surface area contributed by atoms with Gasteiger partial charge in [0.1, 0.15) is 17.1 Å². The first-order chi connectivity index (χ1) is 8.02. The van der Waals surface area contributed by atoms with E-state index in [-0.39, 0.29) is 5.92 Å². The van der Waals surface area contributed by atoms with E-state index in [2.05, 4.69) is 0 Å². The lowest BCUT2D eigenvalue weighted by molar-refractivity contribution is 0.0692. The number of carbonyl (C=O) groups is 1. The van der Waals surface area contributed by atoms with Gasteiger partial charge in [0.15, 0.2) is 0 Å². The fourth-order valence-corrected chi connectivity index (χ4v) is 2.97. The highest BCUT2D eigenvalue weighted by Gasteiger charge is 2.31. The summed E-state index contributed by atoms with van der Waals surface area (Å²) in [6.45, 7) is 5.91. The fourth-order valence-electron chi connectivity index (χ4n) is 2.97. The summed E-state index contributed by atoms with van der Waals surface area (Å²) in [5.41, 5.74) is 1.31. The van der Waals surface area contributed by atoms with E-state index in [1.807, 2.05) is 20.8 Å². The van der Waals surface area contributed by atoms with E-state index in [9.17, 15) is 9.90 Å². The summed E-state index contributed by atoms with van der Waals surface area (Å²) in [5, 5.41) is 9.41. The van der Waals surface area contributed by atoms with E-state index in [0.29, 0.717) is 11.5 Å².